The Balaban J connectivity index is 2.52. The van der Waals surface area contributed by atoms with Crippen molar-refractivity contribution in [2.24, 2.45) is 4.99 Å². The fraction of sp³-hybridized carbons (Fsp3) is 0.417. The van der Waals surface area contributed by atoms with Gasteiger partial charge in [0.15, 0.2) is 11.5 Å². The minimum Gasteiger partial charge on any atom is -0.494 e. The summed E-state index contributed by atoms with van der Waals surface area (Å²) in [4.78, 5) is 14.2. The van der Waals surface area contributed by atoms with Crippen molar-refractivity contribution in [1.82, 2.24) is 0 Å². The predicted octanol–water partition coefficient (Wildman–Crippen LogP) is 2.17. The van der Waals surface area contributed by atoms with E-state index >= 15 is 0 Å². The van der Waals surface area contributed by atoms with E-state index in [2.05, 4.69) is 4.99 Å². The first-order chi connectivity index (χ1) is 8.16. The van der Waals surface area contributed by atoms with Crippen molar-refractivity contribution in [2.45, 2.75) is 18.4 Å². The summed E-state index contributed by atoms with van der Waals surface area (Å²) >= 11 is 0. The lowest BCUT2D eigenvalue weighted by atomic mass is 10.0. The number of nitrogens with zero attached hydrogens (tertiary/aromatic N) is 1. The first-order valence-electron chi connectivity index (χ1n) is 5.18. The molecule has 1 aliphatic rings. The average Bonchev–Trinajstić information content (AvgIpc) is 3.11. The molecule has 0 heterocycles. The molecule has 1 aromatic carbocycles. The number of benzene rings is 1. The highest BCUT2D eigenvalue weighted by molar-refractivity contribution is 5.48. The van der Waals surface area contributed by atoms with Gasteiger partial charge < -0.3 is 9.47 Å². The summed E-state index contributed by atoms with van der Waals surface area (Å²) in [7, 11) is 2.76. The summed E-state index contributed by atoms with van der Waals surface area (Å²) in [5, 5.41) is 0. The molecule has 0 aliphatic heterocycles. The Morgan fingerprint density at radius 3 is 2.18 bits per heavy atom. The quantitative estimate of drug-likeness (QED) is 0.595. The zero-order chi connectivity index (χ0) is 12.5. The van der Waals surface area contributed by atoms with Crippen LogP contribution in [-0.4, -0.2) is 20.3 Å². The molecule has 0 aromatic heterocycles. The predicted molar refractivity (Wildman–Crippen MR) is 58.5 cm³/mol. The molecular weight excluding hydrogens is 225 g/mol. The fourth-order valence-electron chi connectivity index (χ4n) is 1.81. The summed E-state index contributed by atoms with van der Waals surface area (Å²) in [6, 6.07) is 3.09. The molecule has 0 amide bonds. The van der Waals surface area contributed by atoms with Gasteiger partial charge in [0, 0.05) is 0 Å². The topological polar surface area (TPSA) is 47.9 Å². The van der Waals surface area contributed by atoms with Gasteiger partial charge in [0.05, 0.1) is 19.8 Å². The van der Waals surface area contributed by atoms with Crippen molar-refractivity contribution in [3.63, 3.8) is 0 Å². The summed E-state index contributed by atoms with van der Waals surface area (Å²) < 4.78 is 23.6. The molecule has 4 nitrogen and oxygen atoms in total. The maximum Gasteiger partial charge on any atom is 0.235 e. The number of hydrogen-bond acceptors (Lipinski definition) is 4. The van der Waals surface area contributed by atoms with Gasteiger partial charge in [0.2, 0.25) is 11.9 Å². The average molecular weight is 237 g/mol. The second-order valence-electron chi connectivity index (χ2n) is 3.93. The molecular formula is C12H12FNO3. The molecule has 0 atom stereocenters. The van der Waals surface area contributed by atoms with E-state index in [4.69, 9.17) is 9.47 Å². The summed E-state index contributed by atoms with van der Waals surface area (Å²) in [5.74, 6) is -0.372. The first kappa shape index (κ1) is 11.6. The second kappa shape index (κ2) is 4.18. The van der Waals surface area contributed by atoms with Gasteiger partial charge in [-0.3, -0.25) is 0 Å². The van der Waals surface area contributed by atoms with Crippen LogP contribution < -0.4 is 9.47 Å². The van der Waals surface area contributed by atoms with Gasteiger partial charge in [0.25, 0.3) is 0 Å². The molecule has 0 N–H and O–H groups in total. The third-order valence-corrected chi connectivity index (χ3v) is 2.97. The van der Waals surface area contributed by atoms with Crippen LogP contribution in [0.4, 0.5) is 4.39 Å². The first-order valence-corrected chi connectivity index (χ1v) is 5.18. The number of isocyanates is 1. The molecule has 1 aromatic rings. The third-order valence-electron chi connectivity index (χ3n) is 2.97. The maximum atomic E-state index is 13.7. The number of aliphatic imine (C=N–C) groups is 1. The highest BCUT2D eigenvalue weighted by atomic mass is 19.1. The zero-order valence-corrected chi connectivity index (χ0v) is 9.62. The van der Waals surface area contributed by atoms with Crippen molar-refractivity contribution >= 4 is 6.08 Å². The van der Waals surface area contributed by atoms with Crippen LogP contribution in [0.3, 0.4) is 0 Å². The van der Waals surface area contributed by atoms with E-state index < -0.39 is 11.4 Å². The number of carbonyl (C=O) groups excluding carboxylic acids is 1. The Kier molecular flexibility index (Phi) is 2.86. The highest BCUT2D eigenvalue weighted by Gasteiger charge is 2.45. The number of methoxy groups -OCH3 is 2. The molecule has 2 rings (SSSR count). The fourth-order valence-corrected chi connectivity index (χ4v) is 1.81. The number of rotatable bonds is 4. The molecule has 0 radical (unpaired) electrons. The zero-order valence-electron chi connectivity index (χ0n) is 9.62. The van der Waals surface area contributed by atoms with E-state index in [9.17, 15) is 9.18 Å². The monoisotopic (exact) mass is 237 g/mol. The molecule has 17 heavy (non-hydrogen) atoms. The van der Waals surface area contributed by atoms with Crippen molar-refractivity contribution in [1.29, 1.82) is 0 Å². The molecule has 0 saturated heterocycles. The van der Waals surface area contributed by atoms with E-state index in [1.807, 2.05) is 0 Å². The second-order valence-corrected chi connectivity index (χ2v) is 3.93. The van der Waals surface area contributed by atoms with Crippen molar-refractivity contribution in [2.75, 3.05) is 14.2 Å². The van der Waals surface area contributed by atoms with Gasteiger partial charge in [-0.15, -0.1) is 0 Å². The third kappa shape index (κ3) is 1.89. The largest absolute Gasteiger partial charge is 0.494 e. The van der Waals surface area contributed by atoms with Gasteiger partial charge in [-0.05, 0) is 30.5 Å². The smallest absolute Gasteiger partial charge is 0.235 e. The Hall–Kier alpha value is -1.87. The minimum atomic E-state index is -0.560. The SMILES string of the molecule is COc1cc(C2(N=C=O)CC2)cc(OC)c1F. The van der Waals surface area contributed by atoms with Crippen LogP contribution in [0.2, 0.25) is 0 Å². The lowest BCUT2D eigenvalue weighted by Gasteiger charge is -2.13. The van der Waals surface area contributed by atoms with Gasteiger partial charge in [-0.2, -0.15) is 9.38 Å². The molecule has 5 heteroatoms. The van der Waals surface area contributed by atoms with Crippen molar-refractivity contribution in [3.05, 3.63) is 23.5 Å². The van der Waals surface area contributed by atoms with E-state index in [1.54, 1.807) is 18.2 Å². The lowest BCUT2D eigenvalue weighted by Crippen LogP contribution is -2.05. The molecule has 0 bridgehead atoms. The van der Waals surface area contributed by atoms with Crippen LogP contribution in [-0.2, 0) is 10.3 Å². The normalized spacial score (nSPS) is 15.9. The Labute approximate surface area is 98.1 Å². The van der Waals surface area contributed by atoms with Gasteiger partial charge >= 0.3 is 0 Å². The summed E-state index contributed by atoms with van der Waals surface area (Å²) in [6.07, 6.45) is 3.06. The van der Waals surface area contributed by atoms with E-state index in [0.717, 1.165) is 18.4 Å². The molecule has 1 saturated carbocycles. The summed E-state index contributed by atoms with van der Waals surface area (Å²) in [6.45, 7) is 0. The van der Waals surface area contributed by atoms with E-state index in [0.29, 0.717) is 0 Å². The molecule has 90 valence electrons. The highest BCUT2D eigenvalue weighted by Crippen LogP contribution is 2.51. The van der Waals surface area contributed by atoms with Crippen LogP contribution in [0, 0.1) is 5.82 Å². The van der Waals surface area contributed by atoms with Gasteiger partial charge in [0.1, 0.15) is 0 Å². The van der Waals surface area contributed by atoms with Crippen LogP contribution in [0.5, 0.6) is 11.5 Å². The van der Waals surface area contributed by atoms with Crippen LogP contribution >= 0.6 is 0 Å². The van der Waals surface area contributed by atoms with Crippen molar-refractivity contribution in [3.8, 4) is 11.5 Å². The Morgan fingerprint density at radius 1 is 1.29 bits per heavy atom. The van der Waals surface area contributed by atoms with Crippen LogP contribution in [0.15, 0.2) is 17.1 Å². The Bertz CT molecular complexity index is 466. The van der Waals surface area contributed by atoms with E-state index in [1.165, 1.54) is 14.2 Å². The van der Waals surface area contributed by atoms with Gasteiger partial charge in [-0.1, -0.05) is 0 Å². The van der Waals surface area contributed by atoms with E-state index in [-0.39, 0.29) is 11.5 Å². The standard InChI is InChI=1S/C12H12FNO3/c1-16-9-5-8(6-10(17-2)11(9)13)12(3-4-12)14-7-15/h5-6H,3-4H2,1-2H3. The Morgan fingerprint density at radius 2 is 1.82 bits per heavy atom. The maximum absolute atomic E-state index is 13.7. The minimum absolute atomic E-state index is 0.0896. The lowest BCUT2D eigenvalue weighted by molar-refractivity contribution is 0.348. The number of halogens is 1. The molecule has 0 unspecified atom stereocenters. The number of hydrogen-bond donors (Lipinski definition) is 0. The molecule has 1 aliphatic carbocycles. The van der Waals surface area contributed by atoms with Crippen LogP contribution in [0.1, 0.15) is 18.4 Å². The van der Waals surface area contributed by atoms with Crippen molar-refractivity contribution < 1.29 is 18.7 Å². The molecule has 0 spiro atoms. The summed E-state index contributed by atoms with van der Waals surface area (Å²) in [5.41, 5.74) is 0.159. The van der Waals surface area contributed by atoms with Gasteiger partial charge in [-0.25, -0.2) is 4.79 Å². The van der Waals surface area contributed by atoms with Crippen LogP contribution in [0.25, 0.3) is 0 Å². The molecule has 1 fully saturated rings. The number of ether oxygens (including phenoxy) is 2.